The molecular formula is C19H24N2O5. The highest BCUT2D eigenvalue weighted by atomic mass is 16.7. The zero-order valence-electron chi connectivity index (χ0n) is 15.0. The Balaban J connectivity index is 1.82. The summed E-state index contributed by atoms with van der Waals surface area (Å²) in [5.41, 5.74) is 0.328. The highest BCUT2D eigenvalue weighted by Gasteiger charge is 2.16. The fourth-order valence-corrected chi connectivity index (χ4v) is 2.69. The number of pyridine rings is 1. The van der Waals surface area contributed by atoms with Crippen molar-refractivity contribution in [3.63, 3.8) is 0 Å². The maximum atomic E-state index is 11.7. The number of nitro benzene ring substituents is 1. The summed E-state index contributed by atoms with van der Waals surface area (Å²) in [5, 5.41) is 11.5. The lowest BCUT2D eigenvalue weighted by Gasteiger charge is -2.09. The predicted octanol–water partition coefficient (Wildman–Crippen LogP) is 4.77. The standard InChI is InChI=1S/C19H24N2O5/c1-2-3-4-5-6-7-10-18(22)26-14-25-17-12-11-16(21(23)24)15-9-8-13-20-19(15)17/h8-9,11-13H,2-7,10,14H2,1H3. The van der Waals surface area contributed by atoms with Crippen molar-refractivity contribution in [2.75, 3.05) is 6.79 Å². The number of hydrogen-bond acceptors (Lipinski definition) is 6. The summed E-state index contributed by atoms with van der Waals surface area (Å²) in [6, 6.07) is 6.06. The Hall–Kier alpha value is -2.70. The second-order valence-corrected chi connectivity index (χ2v) is 6.04. The van der Waals surface area contributed by atoms with Crippen LogP contribution >= 0.6 is 0 Å². The summed E-state index contributed by atoms with van der Waals surface area (Å²) < 4.78 is 10.5. The molecule has 0 bridgehead atoms. The summed E-state index contributed by atoms with van der Waals surface area (Å²) >= 11 is 0. The van der Waals surface area contributed by atoms with Crippen LogP contribution in [-0.2, 0) is 9.53 Å². The molecule has 0 atom stereocenters. The van der Waals surface area contributed by atoms with Gasteiger partial charge >= 0.3 is 5.97 Å². The number of carbonyl (C=O) groups excluding carboxylic acids is 1. The number of non-ortho nitro benzene ring substituents is 1. The number of benzene rings is 1. The second kappa shape index (κ2) is 10.3. The van der Waals surface area contributed by atoms with Crippen LogP contribution < -0.4 is 4.74 Å². The third kappa shape index (κ3) is 5.68. The maximum absolute atomic E-state index is 11.7. The Labute approximate surface area is 152 Å². The molecule has 0 amide bonds. The Morgan fingerprint density at radius 1 is 1.15 bits per heavy atom. The number of rotatable bonds is 11. The first-order valence-corrected chi connectivity index (χ1v) is 8.94. The number of esters is 1. The lowest BCUT2D eigenvalue weighted by molar-refractivity contribution is -0.383. The van der Waals surface area contributed by atoms with Crippen molar-refractivity contribution >= 4 is 22.6 Å². The number of aromatic nitrogens is 1. The maximum Gasteiger partial charge on any atom is 0.308 e. The van der Waals surface area contributed by atoms with Crippen molar-refractivity contribution in [2.24, 2.45) is 0 Å². The highest BCUT2D eigenvalue weighted by Crippen LogP contribution is 2.31. The third-order valence-electron chi connectivity index (χ3n) is 4.08. The molecule has 2 rings (SSSR count). The number of hydrogen-bond donors (Lipinski definition) is 0. The van der Waals surface area contributed by atoms with E-state index in [1.165, 1.54) is 37.6 Å². The van der Waals surface area contributed by atoms with Crippen LogP contribution in [0.3, 0.4) is 0 Å². The van der Waals surface area contributed by atoms with Gasteiger partial charge in [-0.15, -0.1) is 0 Å². The first kappa shape index (κ1) is 19.6. The second-order valence-electron chi connectivity index (χ2n) is 6.04. The topological polar surface area (TPSA) is 91.6 Å². The molecule has 0 fully saturated rings. The van der Waals surface area contributed by atoms with Gasteiger partial charge in [-0.3, -0.25) is 19.9 Å². The van der Waals surface area contributed by atoms with E-state index in [1.807, 2.05) is 0 Å². The molecule has 0 saturated heterocycles. The van der Waals surface area contributed by atoms with E-state index in [0.29, 0.717) is 23.1 Å². The van der Waals surface area contributed by atoms with E-state index in [9.17, 15) is 14.9 Å². The molecule has 1 aromatic heterocycles. The number of fused-ring (bicyclic) bond motifs is 1. The van der Waals surface area contributed by atoms with Crippen LogP contribution in [0.1, 0.15) is 51.9 Å². The fourth-order valence-electron chi connectivity index (χ4n) is 2.69. The Kier molecular flexibility index (Phi) is 7.79. The molecule has 1 heterocycles. The smallest absolute Gasteiger partial charge is 0.308 e. The van der Waals surface area contributed by atoms with E-state index in [4.69, 9.17) is 9.47 Å². The number of nitro groups is 1. The van der Waals surface area contributed by atoms with Gasteiger partial charge in [0.05, 0.1) is 10.3 Å². The van der Waals surface area contributed by atoms with Crippen molar-refractivity contribution in [1.82, 2.24) is 4.98 Å². The molecule has 0 radical (unpaired) electrons. The quantitative estimate of drug-likeness (QED) is 0.188. The molecule has 0 unspecified atom stereocenters. The lowest BCUT2D eigenvalue weighted by atomic mass is 10.1. The van der Waals surface area contributed by atoms with Crippen LogP contribution in [0.25, 0.3) is 10.9 Å². The van der Waals surface area contributed by atoms with E-state index in [-0.39, 0.29) is 18.4 Å². The summed E-state index contributed by atoms with van der Waals surface area (Å²) in [5.74, 6) is 0.0400. The summed E-state index contributed by atoms with van der Waals surface area (Å²) in [4.78, 5) is 26.5. The molecule has 0 N–H and O–H groups in total. The van der Waals surface area contributed by atoms with Gasteiger partial charge in [0, 0.05) is 18.7 Å². The minimum Gasteiger partial charge on any atom is -0.455 e. The molecule has 0 spiro atoms. The predicted molar refractivity (Wildman–Crippen MR) is 98.0 cm³/mol. The minimum atomic E-state index is -0.464. The number of carbonyl (C=O) groups is 1. The summed E-state index contributed by atoms with van der Waals surface area (Å²) in [6.45, 7) is 1.93. The fraction of sp³-hybridized carbons (Fsp3) is 0.474. The van der Waals surface area contributed by atoms with Crippen LogP contribution in [0, 0.1) is 10.1 Å². The van der Waals surface area contributed by atoms with Crippen LogP contribution in [0.4, 0.5) is 5.69 Å². The largest absolute Gasteiger partial charge is 0.455 e. The van der Waals surface area contributed by atoms with Crippen molar-refractivity contribution in [1.29, 1.82) is 0 Å². The van der Waals surface area contributed by atoms with Gasteiger partial charge in [0.25, 0.3) is 5.69 Å². The molecule has 140 valence electrons. The molecule has 7 heteroatoms. The van der Waals surface area contributed by atoms with Crippen molar-refractivity contribution in [3.8, 4) is 5.75 Å². The van der Waals surface area contributed by atoms with Gasteiger partial charge in [0.1, 0.15) is 11.3 Å². The van der Waals surface area contributed by atoms with Crippen LogP contribution in [0.5, 0.6) is 5.75 Å². The van der Waals surface area contributed by atoms with Gasteiger partial charge in [-0.25, -0.2) is 0 Å². The van der Waals surface area contributed by atoms with Crippen LogP contribution in [0.2, 0.25) is 0 Å². The molecule has 1 aromatic carbocycles. The third-order valence-corrected chi connectivity index (χ3v) is 4.08. The number of nitrogens with zero attached hydrogens (tertiary/aromatic N) is 2. The molecule has 2 aromatic rings. The number of ether oxygens (including phenoxy) is 2. The minimum absolute atomic E-state index is 0.0412. The Bertz CT molecular complexity index is 748. The normalized spacial score (nSPS) is 10.7. The van der Waals surface area contributed by atoms with Gasteiger partial charge in [-0.05, 0) is 24.6 Å². The first-order valence-electron chi connectivity index (χ1n) is 8.94. The van der Waals surface area contributed by atoms with Gasteiger partial charge in [-0.1, -0.05) is 39.0 Å². The van der Waals surface area contributed by atoms with Crippen LogP contribution in [-0.4, -0.2) is 22.7 Å². The van der Waals surface area contributed by atoms with Crippen molar-refractivity contribution in [3.05, 3.63) is 40.6 Å². The van der Waals surface area contributed by atoms with Gasteiger partial charge < -0.3 is 9.47 Å². The van der Waals surface area contributed by atoms with E-state index < -0.39 is 4.92 Å². The van der Waals surface area contributed by atoms with E-state index in [0.717, 1.165) is 19.3 Å². The first-order chi connectivity index (χ1) is 12.6. The zero-order valence-corrected chi connectivity index (χ0v) is 15.0. The average Bonchev–Trinajstić information content (AvgIpc) is 2.64. The average molecular weight is 360 g/mol. The monoisotopic (exact) mass is 360 g/mol. The molecule has 26 heavy (non-hydrogen) atoms. The molecule has 0 saturated carbocycles. The van der Waals surface area contributed by atoms with E-state index >= 15 is 0 Å². The van der Waals surface area contributed by atoms with Crippen LogP contribution in [0.15, 0.2) is 30.5 Å². The molecule has 0 aliphatic carbocycles. The van der Waals surface area contributed by atoms with Crippen molar-refractivity contribution < 1.29 is 19.2 Å². The van der Waals surface area contributed by atoms with Crippen molar-refractivity contribution in [2.45, 2.75) is 51.9 Å². The molecule has 0 aliphatic heterocycles. The van der Waals surface area contributed by atoms with E-state index in [2.05, 4.69) is 11.9 Å². The van der Waals surface area contributed by atoms with Gasteiger partial charge in [-0.2, -0.15) is 0 Å². The summed E-state index contributed by atoms with van der Waals surface area (Å²) in [6.07, 6.45) is 8.50. The Morgan fingerprint density at radius 3 is 2.69 bits per heavy atom. The zero-order chi connectivity index (χ0) is 18.8. The van der Waals surface area contributed by atoms with Gasteiger partial charge in [0.15, 0.2) is 0 Å². The lowest BCUT2D eigenvalue weighted by Crippen LogP contribution is -2.10. The Morgan fingerprint density at radius 2 is 1.92 bits per heavy atom. The molecule has 7 nitrogen and oxygen atoms in total. The summed E-state index contributed by atoms with van der Waals surface area (Å²) in [7, 11) is 0. The van der Waals surface area contributed by atoms with Gasteiger partial charge in [0.2, 0.25) is 6.79 Å². The van der Waals surface area contributed by atoms with E-state index in [1.54, 1.807) is 12.1 Å². The number of unbranched alkanes of at least 4 members (excludes halogenated alkanes) is 5. The molecular weight excluding hydrogens is 336 g/mol. The SMILES string of the molecule is CCCCCCCCC(=O)OCOc1ccc([N+](=O)[O-])c2cccnc12. The molecule has 0 aliphatic rings. The highest BCUT2D eigenvalue weighted by molar-refractivity contribution is 5.92.